The number of methoxy groups -OCH3 is 1. The minimum atomic E-state index is -2.72. The van der Waals surface area contributed by atoms with Crippen molar-refractivity contribution < 1.29 is 13.5 Å². The fourth-order valence-corrected chi connectivity index (χ4v) is 1.60. The Kier molecular flexibility index (Phi) is 3.57. The molecule has 0 radical (unpaired) electrons. The lowest BCUT2D eigenvalue weighted by Crippen LogP contribution is -2.00. The van der Waals surface area contributed by atoms with E-state index in [1.807, 2.05) is 0 Å². The number of nitrogens with zero attached hydrogens (tertiary/aromatic N) is 2. The van der Waals surface area contributed by atoms with Crippen LogP contribution in [-0.4, -0.2) is 12.1 Å². The quantitative estimate of drug-likeness (QED) is 0.623. The summed E-state index contributed by atoms with van der Waals surface area (Å²) in [5.41, 5.74) is -0.519. The van der Waals surface area contributed by atoms with Crippen molar-refractivity contribution in [2.24, 2.45) is 0 Å². The highest BCUT2D eigenvalue weighted by molar-refractivity contribution is 14.1. The van der Waals surface area contributed by atoms with Crippen molar-refractivity contribution in [3.8, 4) is 11.8 Å². The molecule has 74 valence electrons. The standard InChI is InChI=1S/C8H5F2IN2O/c1-14-5-3-13-8(11)6(7(9)10)4(5)2-12/h3,7H,1H3. The molecule has 0 N–H and O–H groups in total. The van der Waals surface area contributed by atoms with E-state index in [2.05, 4.69) is 4.98 Å². The lowest BCUT2D eigenvalue weighted by molar-refractivity contribution is 0.149. The molecule has 0 aliphatic rings. The first kappa shape index (κ1) is 11.1. The summed E-state index contributed by atoms with van der Waals surface area (Å²) in [7, 11) is 1.31. The van der Waals surface area contributed by atoms with Gasteiger partial charge in [0.05, 0.1) is 18.9 Å². The summed E-state index contributed by atoms with van der Waals surface area (Å²) in [6.45, 7) is 0. The van der Waals surface area contributed by atoms with Crippen molar-refractivity contribution in [3.63, 3.8) is 0 Å². The molecule has 0 unspecified atom stereocenters. The van der Waals surface area contributed by atoms with Crippen molar-refractivity contribution in [1.29, 1.82) is 5.26 Å². The maximum atomic E-state index is 12.5. The summed E-state index contributed by atoms with van der Waals surface area (Å²) in [5.74, 6) is 0.0724. The smallest absolute Gasteiger partial charge is 0.267 e. The number of pyridine rings is 1. The molecule has 0 saturated carbocycles. The average molecular weight is 310 g/mol. The van der Waals surface area contributed by atoms with Gasteiger partial charge in [-0.2, -0.15) is 5.26 Å². The number of rotatable bonds is 2. The second kappa shape index (κ2) is 4.50. The molecule has 0 spiro atoms. The third kappa shape index (κ3) is 1.92. The van der Waals surface area contributed by atoms with Crippen LogP contribution in [-0.2, 0) is 0 Å². The van der Waals surface area contributed by atoms with E-state index >= 15 is 0 Å². The summed E-state index contributed by atoms with van der Waals surface area (Å²) in [4.78, 5) is 3.71. The summed E-state index contributed by atoms with van der Waals surface area (Å²) in [5, 5.41) is 8.71. The van der Waals surface area contributed by atoms with Crippen LogP contribution in [0.2, 0.25) is 0 Å². The van der Waals surface area contributed by atoms with Crippen molar-refractivity contribution in [2.75, 3.05) is 7.11 Å². The van der Waals surface area contributed by atoms with Crippen LogP contribution >= 0.6 is 22.6 Å². The van der Waals surface area contributed by atoms with Crippen LogP contribution < -0.4 is 4.74 Å². The average Bonchev–Trinajstić information content (AvgIpc) is 2.16. The van der Waals surface area contributed by atoms with Gasteiger partial charge < -0.3 is 4.74 Å². The summed E-state index contributed by atoms with van der Waals surface area (Å²) >= 11 is 1.66. The van der Waals surface area contributed by atoms with Gasteiger partial charge in [0, 0.05) is 0 Å². The van der Waals surface area contributed by atoms with Gasteiger partial charge in [0.15, 0.2) is 5.75 Å². The van der Waals surface area contributed by atoms with E-state index in [1.165, 1.54) is 13.3 Å². The van der Waals surface area contributed by atoms with Gasteiger partial charge in [0.2, 0.25) is 0 Å². The third-order valence-electron chi connectivity index (χ3n) is 1.58. The van der Waals surface area contributed by atoms with Gasteiger partial charge in [0.25, 0.3) is 6.43 Å². The second-order valence-corrected chi connectivity index (χ2v) is 3.34. The molecule has 14 heavy (non-hydrogen) atoms. The Hall–Kier alpha value is -0.970. The van der Waals surface area contributed by atoms with E-state index in [1.54, 1.807) is 28.7 Å². The summed E-state index contributed by atoms with van der Waals surface area (Å²) in [6, 6.07) is 1.69. The first-order valence-corrected chi connectivity index (χ1v) is 4.60. The van der Waals surface area contributed by atoms with Gasteiger partial charge in [-0.15, -0.1) is 0 Å². The normalized spacial score (nSPS) is 10.0. The molecular weight excluding hydrogens is 305 g/mol. The van der Waals surface area contributed by atoms with Crippen molar-refractivity contribution in [2.45, 2.75) is 6.43 Å². The Morgan fingerprint density at radius 3 is 2.71 bits per heavy atom. The van der Waals surface area contributed by atoms with Crippen LogP contribution in [0.3, 0.4) is 0 Å². The molecule has 0 aromatic carbocycles. The van der Waals surface area contributed by atoms with Crippen LogP contribution in [0.5, 0.6) is 5.75 Å². The zero-order valence-corrected chi connectivity index (χ0v) is 9.25. The lowest BCUT2D eigenvalue weighted by Gasteiger charge is -2.08. The van der Waals surface area contributed by atoms with Crippen LogP contribution in [0.4, 0.5) is 8.78 Å². The highest BCUT2D eigenvalue weighted by Crippen LogP contribution is 2.31. The number of aromatic nitrogens is 1. The van der Waals surface area contributed by atoms with Crippen molar-refractivity contribution in [1.82, 2.24) is 4.98 Å². The fraction of sp³-hybridized carbons (Fsp3) is 0.250. The number of nitriles is 1. The highest BCUT2D eigenvalue weighted by Gasteiger charge is 2.21. The molecule has 1 heterocycles. The first-order valence-electron chi connectivity index (χ1n) is 3.52. The van der Waals surface area contributed by atoms with E-state index in [9.17, 15) is 8.78 Å². The maximum Gasteiger partial charge on any atom is 0.267 e. The molecular formula is C8H5F2IN2O. The molecule has 1 aromatic heterocycles. The topological polar surface area (TPSA) is 45.9 Å². The van der Waals surface area contributed by atoms with Crippen LogP contribution in [0, 0.1) is 15.0 Å². The second-order valence-electron chi connectivity index (χ2n) is 2.32. The molecule has 0 amide bonds. The van der Waals surface area contributed by atoms with E-state index in [0.717, 1.165) is 0 Å². The molecule has 0 bridgehead atoms. The first-order chi connectivity index (χ1) is 6.61. The molecule has 0 aliphatic heterocycles. The van der Waals surface area contributed by atoms with Gasteiger partial charge in [-0.1, -0.05) is 0 Å². The van der Waals surface area contributed by atoms with E-state index in [-0.39, 0.29) is 20.6 Å². The number of ether oxygens (including phenoxy) is 1. The molecule has 1 aromatic rings. The van der Waals surface area contributed by atoms with E-state index in [0.29, 0.717) is 0 Å². The highest BCUT2D eigenvalue weighted by atomic mass is 127. The third-order valence-corrected chi connectivity index (χ3v) is 2.44. The molecule has 0 fully saturated rings. The summed E-state index contributed by atoms with van der Waals surface area (Å²) in [6.07, 6.45) is -1.47. The number of hydrogen-bond donors (Lipinski definition) is 0. The van der Waals surface area contributed by atoms with Crippen molar-refractivity contribution >= 4 is 22.6 Å². The number of alkyl halides is 2. The van der Waals surface area contributed by atoms with Crippen molar-refractivity contribution in [3.05, 3.63) is 21.0 Å². The Labute approximate surface area is 92.8 Å². The molecule has 0 aliphatic carbocycles. The predicted molar refractivity (Wildman–Crippen MR) is 53.2 cm³/mol. The molecule has 0 saturated heterocycles. The van der Waals surface area contributed by atoms with Crippen LogP contribution in [0.15, 0.2) is 6.20 Å². The predicted octanol–water partition coefficient (Wildman–Crippen LogP) is 2.50. The summed E-state index contributed by atoms with van der Waals surface area (Å²) < 4.78 is 30.0. The maximum absolute atomic E-state index is 12.5. The SMILES string of the molecule is COc1cnc(I)c(C(F)F)c1C#N. The largest absolute Gasteiger partial charge is 0.494 e. The Morgan fingerprint density at radius 1 is 1.64 bits per heavy atom. The van der Waals surface area contributed by atoms with Gasteiger partial charge in [-0.25, -0.2) is 13.8 Å². The minimum Gasteiger partial charge on any atom is -0.494 e. The van der Waals surface area contributed by atoms with Gasteiger partial charge in [-0.3, -0.25) is 0 Å². The molecule has 1 rings (SSSR count). The van der Waals surface area contributed by atoms with E-state index in [4.69, 9.17) is 10.00 Å². The van der Waals surface area contributed by atoms with Crippen LogP contribution in [0.1, 0.15) is 17.6 Å². The monoisotopic (exact) mass is 310 g/mol. The molecule has 0 atom stereocenters. The Morgan fingerprint density at radius 2 is 2.29 bits per heavy atom. The lowest BCUT2D eigenvalue weighted by atomic mass is 10.1. The molecule has 3 nitrogen and oxygen atoms in total. The Bertz CT molecular complexity index is 390. The zero-order chi connectivity index (χ0) is 10.7. The van der Waals surface area contributed by atoms with E-state index < -0.39 is 6.43 Å². The minimum absolute atomic E-state index is 0.0724. The van der Waals surface area contributed by atoms with Gasteiger partial charge in [0.1, 0.15) is 15.3 Å². The number of halogens is 3. The Balaban J connectivity index is 3.45. The van der Waals surface area contributed by atoms with Gasteiger partial charge >= 0.3 is 0 Å². The number of hydrogen-bond acceptors (Lipinski definition) is 3. The molecule has 6 heteroatoms. The van der Waals surface area contributed by atoms with Crippen LogP contribution in [0.25, 0.3) is 0 Å². The zero-order valence-electron chi connectivity index (χ0n) is 7.09. The fourth-order valence-electron chi connectivity index (χ4n) is 0.955. The van der Waals surface area contributed by atoms with Gasteiger partial charge in [-0.05, 0) is 22.6 Å².